The molecule has 0 radical (unpaired) electrons. The number of rotatable bonds is 5. The largest absolute Gasteiger partial charge is 0.497 e. The number of ether oxygens (including phenoxy) is 2. The van der Waals surface area contributed by atoms with E-state index in [2.05, 4.69) is 21.1 Å². The molecule has 0 bridgehead atoms. The van der Waals surface area contributed by atoms with E-state index in [1.54, 1.807) is 14.2 Å². The molecular weight excluding hydrogens is 346 g/mol. The standard InChI is InChI=1S/C17H16BrNO3/c1-21-14-7-3-12(4-8-14)16(11-19-20)17(18)13-5-9-15(22-2)10-6-13/h3-11,20H,1-2H3. The average molecular weight is 362 g/mol. The number of halogens is 1. The second-order valence-electron chi connectivity index (χ2n) is 4.43. The predicted octanol–water partition coefficient (Wildman–Crippen LogP) is 4.43. The maximum atomic E-state index is 8.95. The van der Waals surface area contributed by atoms with Crippen LogP contribution in [0.3, 0.4) is 0 Å². The first-order valence-electron chi connectivity index (χ1n) is 6.55. The molecule has 22 heavy (non-hydrogen) atoms. The molecule has 0 fully saturated rings. The SMILES string of the molecule is COc1ccc(C(Br)=C(C=NO)c2ccc(OC)cc2)cc1. The van der Waals surface area contributed by atoms with Crippen molar-refractivity contribution in [2.75, 3.05) is 14.2 Å². The van der Waals surface area contributed by atoms with Crippen LogP contribution >= 0.6 is 15.9 Å². The van der Waals surface area contributed by atoms with E-state index in [0.717, 1.165) is 32.7 Å². The Morgan fingerprint density at radius 2 is 1.36 bits per heavy atom. The number of oxime groups is 1. The smallest absolute Gasteiger partial charge is 0.118 e. The molecule has 5 heteroatoms. The summed E-state index contributed by atoms with van der Waals surface area (Å²) in [6.07, 6.45) is 1.40. The van der Waals surface area contributed by atoms with Gasteiger partial charge in [-0.15, -0.1) is 0 Å². The van der Waals surface area contributed by atoms with Gasteiger partial charge >= 0.3 is 0 Å². The zero-order valence-corrected chi connectivity index (χ0v) is 13.9. The minimum Gasteiger partial charge on any atom is -0.497 e. The molecule has 0 saturated carbocycles. The van der Waals surface area contributed by atoms with Crippen LogP contribution in [-0.2, 0) is 0 Å². The summed E-state index contributed by atoms with van der Waals surface area (Å²) in [6.45, 7) is 0. The van der Waals surface area contributed by atoms with Crippen LogP contribution in [0.2, 0.25) is 0 Å². The van der Waals surface area contributed by atoms with Crippen molar-refractivity contribution in [2.45, 2.75) is 0 Å². The molecule has 114 valence electrons. The number of hydrogen-bond acceptors (Lipinski definition) is 4. The van der Waals surface area contributed by atoms with Crippen LogP contribution in [0.15, 0.2) is 53.7 Å². The monoisotopic (exact) mass is 361 g/mol. The first-order valence-corrected chi connectivity index (χ1v) is 7.35. The zero-order valence-electron chi connectivity index (χ0n) is 12.3. The molecule has 0 aliphatic heterocycles. The third kappa shape index (κ3) is 3.68. The van der Waals surface area contributed by atoms with Gasteiger partial charge in [0.2, 0.25) is 0 Å². The van der Waals surface area contributed by atoms with Crippen molar-refractivity contribution < 1.29 is 14.7 Å². The lowest BCUT2D eigenvalue weighted by atomic mass is 10.0. The highest BCUT2D eigenvalue weighted by atomic mass is 79.9. The molecule has 2 aromatic carbocycles. The topological polar surface area (TPSA) is 51.0 Å². The quantitative estimate of drug-likeness (QED) is 0.371. The number of benzene rings is 2. The van der Waals surface area contributed by atoms with Gasteiger partial charge in [-0.3, -0.25) is 0 Å². The molecule has 2 aromatic rings. The fraction of sp³-hybridized carbons (Fsp3) is 0.118. The predicted molar refractivity (Wildman–Crippen MR) is 92.0 cm³/mol. The Labute approximate surface area is 137 Å². The van der Waals surface area contributed by atoms with E-state index in [0.29, 0.717) is 0 Å². The van der Waals surface area contributed by atoms with Crippen LogP contribution in [0.5, 0.6) is 11.5 Å². The molecule has 0 aromatic heterocycles. The molecule has 0 atom stereocenters. The summed E-state index contributed by atoms with van der Waals surface area (Å²) in [7, 11) is 3.25. The van der Waals surface area contributed by atoms with Crippen LogP contribution in [0, 0.1) is 0 Å². The minimum absolute atomic E-state index is 0.760. The summed E-state index contributed by atoms with van der Waals surface area (Å²) in [5.41, 5.74) is 2.61. The fourth-order valence-corrected chi connectivity index (χ4v) is 2.57. The third-order valence-corrected chi connectivity index (χ3v) is 4.05. The molecule has 0 saturated heterocycles. The van der Waals surface area contributed by atoms with Crippen LogP contribution < -0.4 is 9.47 Å². The zero-order chi connectivity index (χ0) is 15.9. The van der Waals surface area contributed by atoms with Gasteiger partial charge in [0.1, 0.15) is 11.5 Å². The summed E-state index contributed by atoms with van der Waals surface area (Å²) in [5, 5.41) is 12.1. The number of allylic oxidation sites excluding steroid dienone is 1. The Kier molecular flexibility index (Phi) is 5.61. The van der Waals surface area contributed by atoms with E-state index in [1.807, 2.05) is 48.5 Å². The van der Waals surface area contributed by atoms with Crippen LogP contribution in [0.25, 0.3) is 10.1 Å². The summed E-state index contributed by atoms with van der Waals surface area (Å²) in [6, 6.07) is 15.1. The molecule has 1 N–H and O–H groups in total. The van der Waals surface area contributed by atoms with Crippen molar-refractivity contribution in [1.82, 2.24) is 0 Å². The number of nitrogens with zero attached hydrogens (tertiary/aromatic N) is 1. The lowest BCUT2D eigenvalue weighted by molar-refractivity contribution is 0.322. The van der Waals surface area contributed by atoms with E-state index in [1.165, 1.54) is 6.21 Å². The van der Waals surface area contributed by atoms with E-state index >= 15 is 0 Å². The number of methoxy groups -OCH3 is 2. The van der Waals surface area contributed by atoms with Gasteiger partial charge in [0, 0.05) is 10.1 Å². The van der Waals surface area contributed by atoms with Gasteiger partial charge in [-0.05, 0) is 51.3 Å². The van der Waals surface area contributed by atoms with E-state index < -0.39 is 0 Å². The highest BCUT2D eigenvalue weighted by Gasteiger charge is 2.09. The molecule has 0 aliphatic rings. The molecule has 2 rings (SSSR count). The summed E-state index contributed by atoms with van der Waals surface area (Å²) in [5.74, 6) is 1.55. The summed E-state index contributed by atoms with van der Waals surface area (Å²) < 4.78 is 11.1. The average Bonchev–Trinajstić information content (AvgIpc) is 2.59. The normalized spacial score (nSPS) is 12.1. The molecule has 0 aliphatic carbocycles. The van der Waals surface area contributed by atoms with Gasteiger partial charge in [-0.25, -0.2) is 0 Å². The maximum absolute atomic E-state index is 8.95. The lowest BCUT2D eigenvalue weighted by Gasteiger charge is -2.09. The second-order valence-corrected chi connectivity index (χ2v) is 5.22. The van der Waals surface area contributed by atoms with Gasteiger partial charge in [0.25, 0.3) is 0 Å². The maximum Gasteiger partial charge on any atom is 0.118 e. The highest BCUT2D eigenvalue weighted by molar-refractivity contribution is 9.15. The van der Waals surface area contributed by atoms with Crippen molar-refractivity contribution in [3.63, 3.8) is 0 Å². The van der Waals surface area contributed by atoms with Crippen LogP contribution in [-0.4, -0.2) is 25.6 Å². The molecule has 4 nitrogen and oxygen atoms in total. The van der Waals surface area contributed by atoms with Gasteiger partial charge in [0.15, 0.2) is 0 Å². The first kappa shape index (κ1) is 16.1. The van der Waals surface area contributed by atoms with Gasteiger partial charge in [-0.2, -0.15) is 0 Å². The lowest BCUT2D eigenvalue weighted by Crippen LogP contribution is -1.91. The van der Waals surface area contributed by atoms with Gasteiger partial charge in [0.05, 0.1) is 20.4 Å². The fourth-order valence-electron chi connectivity index (χ4n) is 1.98. The Bertz CT molecular complexity index is 676. The van der Waals surface area contributed by atoms with Crippen molar-refractivity contribution in [2.24, 2.45) is 5.16 Å². The van der Waals surface area contributed by atoms with Crippen LogP contribution in [0.1, 0.15) is 11.1 Å². The Hall–Kier alpha value is -2.27. The molecule has 0 heterocycles. The Morgan fingerprint density at radius 1 is 0.909 bits per heavy atom. The second kappa shape index (κ2) is 7.66. The van der Waals surface area contributed by atoms with Crippen molar-refractivity contribution in [3.8, 4) is 11.5 Å². The van der Waals surface area contributed by atoms with Crippen LogP contribution in [0.4, 0.5) is 0 Å². The summed E-state index contributed by atoms with van der Waals surface area (Å²) >= 11 is 3.58. The molecule has 0 unspecified atom stereocenters. The number of hydrogen-bond donors (Lipinski definition) is 1. The minimum atomic E-state index is 0.760. The Morgan fingerprint density at radius 3 is 1.77 bits per heavy atom. The molecule has 0 spiro atoms. The van der Waals surface area contributed by atoms with Crippen molar-refractivity contribution >= 4 is 32.2 Å². The van der Waals surface area contributed by atoms with Crippen molar-refractivity contribution in [1.29, 1.82) is 0 Å². The highest BCUT2D eigenvalue weighted by Crippen LogP contribution is 2.32. The van der Waals surface area contributed by atoms with Gasteiger partial charge < -0.3 is 14.7 Å². The third-order valence-electron chi connectivity index (χ3n) is 3.17. The summed E-state index contributed by atoms with van der Waals surface area (Å²) in [4.78, 5) is 0. The first-order chi connectivity index (χ1) is 10.7. The van der Waals surface area contributed by atoms with Crippen molar-refractivity contribution in [3.05, 3.63) is 59.7 Å². The molecule has 0 amide bonds. The van der Waals surface area contributed by atoms with Gasteiger partial charge in [-0.1, -0.05) is 29.4 Å². The molecular formula is C17H16BrNO3. The Balaban J connectivity index is 2.46. The van der Waals surface area contributed by atoms with E-state index in [-0.39, 0.29) is 0 Å². The van der Waals surface area contributed by atoms with E-state index in [4.69, 9.17) is 14.7 Å². The van der Waals surface area contributed by atoms with E-state index in [9.17, 15) is 0 Å².